The van der Waals surface area contributed by atoms with Crippen LogP contribution in [-0.4, -0.2) is 44.0 Å². The fourth-order valence-corrected chi connectivity index (χ4v) is 9.98. The monoisotopic (exact) mass is 869 g/mol. The molecule has 8 aromatic heterocycles. The van der Waals surface area contributed by atoms with Gasteiger partial charge in [-0.3, -0.25) is 24.5 Å². The lowest BCUT2D eigenvalue weighted by atomic mass is 10.0. The van der Waals surface area contributed by atoms with Gasteiger partial charge in [0.2, 0.25) is 5.95 Å². The van der Waals surface area contributed by atoms with Gasteiger partial charge in [0.25, 0.3) is 0 Å². The Morgan fingerprint density at radius 2 is 0.882 bits per heavy atom. The number of hydrogen-bond acceptors (Lipinski definition) is 7. The topological polar surface area (TPSA) is 100 Å². The predicted molar refractivity (Wildman–Crippen MR) is 274 cm³/mol. The van der Waals surface area contributed by atoms with Crippen LogP contribution in [0.1, 0.15) is 0 Å². The molecule has 0 aliphatic heterocycles. The Hall–Kier alpha value is -9.47. The van der Waals surface area contributed by atoms with Crippen molar-refractivity contribution < 1.29 is 0 Å². The van der Waals surface area contributed by atoms with Crippen LogP contribution in [0.25, 0.3) is 133 Å². The van der Waals surface area contributed by atoms with E-state index in [2.05, 4.69) is 137 Å². The van der Waals surface area contributed by atoms with E-state index in [9.17, 15) is 0 Å². The third-order valence-corrected chi connectivity index (χ3v) is 13.1. The number of nitrogens with zero attached hydrogens (tertiary/aromatic N) is 9. The van der Waals surface area contributed by atoms with Crippen LogP contribution in [0.15, 0.2) is 213 Å². The molecular weight excluding hydrogens is 835 g/mol. The highest BCUT2D eigenvalue weighted by molar-refractivity contribution is 6.24. The van der Waals surface area contributed by atoms with Gasteiger partial charge in [-0.05, 0) is 103 Å². The molecular formula is C59H35N9. The summed E-state index contributed by atoms with van der Waals surface area (Å²) in [5.41, 5.74) is 14.6. The van der Waals surface area contributed by atoms with Gasteiger partial charge in [-0.2, -0.15) is 0 Å². The number of pyridine rings is 5. The van der Waals surface area contributed by atoms with Crippen molar-refractivity contribution in [2.45, 2.75) is 0 Å². The van der Waals surface area contributed by atoms with Crippen molar-refractivity contribution in [2.75, 3.05) is 0 Å². The number of fused-ring (bicyclic) bond motifs is 10. The smallest absolute Gasteiger partial charge is 0.235 e. The van der Waals surface area contributed by atoms with Crippen molar-refractivity contribution in [2.24, 2.45) is 0 Å². The molecule has 0 unspecified atom stereocenters. The predicted octanol–water partition coefficient (Wildman–Crippen LogP) is 13.8. The maximum Gasteiger partial charge on any atom is 0.235 e. The van der Waals surface area contributed by atoms with Crippen LogP contribution in [0.3, 0.4) is 0 Å². The van der Waals surface area contributed by atoms with E-state index < -0.39 is 0 Å². The van der Waals surface area contributed by atoms with Gasteiger partial charge in [-0.25, -0.2) is 15.0 Å². The molecule has 0 N–H and O–H groups in total. The lowest BCUT2D eigenvalue weighted by Gasteiger charge is -2.15. The number of aromatic nitrogens is 9. The molecule has 0 spiro atoms. The van der Waals surface area contributed by atoms with Gasteiger partial charge in [0.1, 0.15) is 0 Å². The quantitative estimate of drug-likeness (QED) is 0.164. The summed E-state index contributed by atoms with van der Waals surface area (Å²) in [6.45, 7) is 0. The highest BCUT2D eigenvalue weighted by atomic mass is 15.2. The van der Waals surface area contributed by atoms with Crippen LogP contribution in [0.5, 0.6) is 0 Å². The Balaban J connectivity index is 1.15. The first-order chi connectivity index (χ1) is 33.7. The molecule has 0 bridgehead atoms. The SMILES string of the molecule is c1ccc(-c2ccc3c(c2)c2ccc4c5cc(-c6ccccn6)ccc5n(-c5cccc6ncccc56)c4c2n3-c2nc(-c3ccc4cccnc4c3)cc(-c3ccc4ccccc4n3)n2)nc1. The standard InChI is InChI=1S/C59H35N9/c1-2-15-48-36(10-1)20-25-50(64-48)53-35-52(40-19-18-37-11-8-30-63-51(37)34-40)65-59(66-53)68-56-27-22-39(47-14-4-6-29-61-47)33-45(56)42-24-23-41-44-32-38(46-13-3-5-28-60-46)21-26-55(44)67(57(41)58(42)68)54-17-7-16-49-43(54)12-9-31-62-49/h1-35H. The van der Waals surface area contributed by atoms with Crippen molar-refractivity contribution in [3.05, 3.63) is 213 Å². The minimum atomic E-state index is 0.511. The van der Waals surface area contributed by atoms with E-state index in [0.29, 0.717) is 11.6 Å². The molecule has 0 aliphatic carbocycles. The van der Waals surface area contributed by atoms with E-state index in [-0.39, 0.29) is 0 Å². The summed E-state index contributed by atoms with van der Waals surface area (Å²) < 4.78 is 4.65. The zero-order chi connectivity index (χ0) is 44.7. The Morgan fingerprint density at radius 1 is 0.294 bits per heavy atom. The molecule has 0 saturated carbocycles. The minimum Gasteiger partial charge on any atom is -0.306 e. The van der Waals surface area contributed by atoms with Crippen LogP contribution in [-0.2, 0) is 0 Å². The van der Waals surface area contributed by atoms with E-state index >= 15 is 0 Å². The first-order valence-electron chi connectivity index (χ1n) is 22.5. The molecule has 14 rings (SSSR count). The molecule has 316 valence electrons. The van der Waals surface area contributed by atoms with Gasteiger partial charge in [0.05, 0.1) is 72.8 Å². The molecule has 0 saturated heterocycles. The van der Waals surface area contributed by atoms with Gasteiger partial charge in [0, 0.05) is 79.2 Å². The van der Waals surface area contributed by atoms with Crippen molar-refractivity contribution in [3.8, 4) is 56.8 Å². The molecule has 0 atom stereocenters. The van der Waals surface area contributed by atoms with Crippen molar-refractivity contribution in [1.29, 1.82) is 0 Å². The Labute approximate surface area is 388 Å². The average Bonchev–Trinajstić information content (AvgIpc) is 3.93. The van der Waals surface area contributed by atoms with Gasteiger partial charge in [-0.15, -0.1) is 0 Å². The fourth-order valence-electron chi connectivity index (χ4n) is 9.98. The molecule has 14 aromatic rings. The van der Waals surface area contributed by atoms with Crippen LogP contribution in [0.2, 0.25) is 0 Å². The Morgan fingerprint density at radius 3 is 1.65 bits per heavy atom. The molecule has 0 amide bonds. The van der Waals surface area contributed by atoms with Crippen molar-refractivity contribution in [1.82, 2.24) is 44.0 Å². The first kappa shape index (κ1) is 37.9. The maximum atomic E-state index is 5.54. The van der Waals surface area contributed by atoms with Gasteiger partial charge in [0.15, 0.2) is 0 Å². The molecule has 0 radical (unpaired) electrons. The summed E-state index contributed by atoms with van der Waals surface area (Å²) in [5, 5.41) is 7.41. The summed E-state index contributed by atoms with van der Waals surface area (Å²) in [6, 6.07) is 65.1. The molecule has 9 nitrogen and oxygen atoms in total. The van der Waals surface area contributed by atoms with E-state index in [1.165, 1.54) is 0 Å². The normalized spacial score (nSPS) is 11.8. The lowest BCUT2D eigenvalue weighted by molar-refractivity contribution is 0.992. The molecule has 6 aromatic carbocycles. The summed E-state index contributed by atoms with van der Waals surface area (Å²) >= 11 is 0. The highest BCUT2D eigenvalue weighted by Gasteiger charge is 2.25. The second kappa shape index (κ2) is 15.0. The highest BCUT2D eigenvalue weighted by Crippen LogP contribution is 2.44. The van der Waals surface area contributed by atoms with Gasteiger partial charge >= 0.3 is 0 Å². The first-order valence-corrected chi connectivity index (χ1v) is 22.5. The zero-order valence-corrected chi connectivity index (χ0v) is 36.2. The second-order valence-corrected chi connectivity index (χ2v) is 17.0. The molecule has 0 aliphatic rings. The van der Waals surface area contributed by atoms with Crippen LogP contribution in [0, 0.1) is 0 Å². The number of hydrogen-bond donors (Lipinski definition) is 0. The largest absolute Gasteiger partial charge is 0.306 e. The van der Waals surface area contributed by atoms with Crippen LogP contribution in [0.4, 0.5) is 0 Å². The third kappa shape index (κ3) is 5.99. The lowest BCUT2D eigenvalue weighted by Crippen LogP contribution is -2.06. The van der Waals surface area contributed by atoms with Gasteiger partial charge in [-0.1, -0.05) is 84.9 Å². The number of para-hydroxylation sites is 1. The van der Waals surface area contributed by atoms with E-state index in [0.717, 1.165) is 121 Å². The summed E-state index contributed by atoms with van der Waals surface area (Å²) in [7, 11) is 0. The minimum absolute atomic E-state index is 0.511. The second-order valence-electron chi connectivity index (χ2n) is 17.0. The fraction of sp³-hybridized carbons (Fsp3) is 0. The van der Waals surface area contributed by atoms with Crippen molar-refractivity contribution in [3.63, 3.8) is 0 Å². The summed E-state index contributed by atoms with van der Waals surface area (Å²) in [6.07, 6.45) is 7.36. The maximum absolute atomic E-state index is 5.54. The summed E-state index contributed by atoms with van der Waals surface area (Å²) in [4.78, 5) is 35.3. The summed E-state index contributed by atoms with van der Waals surface area (Å²) in [5.74, 6) is 0.511. The van der Waals surface area contributed by atoms with E-state index in [1.807, 2.05) is 85.5 Å². The van der Waals surface area contributed by atoms with Gasteiger partial charge < -0.3 is 4.57 Å². The van der Waals surface area contributed by atoms with Crippen LogP contribution >= 0.6 is 0 Å². The zero-order valence-electron chi connectivity index (χ0n) is 36.2. The molecule has 68 heavy (non-hydrogen) atoms. The van der Waals surface area contributed by atoms with E-state index in [4.69, 9.17) is 34.9 Å². The number of rotatable bonds is 6. The Kier molecular flexibility index (Phi) is 8.38. The molecule has 0 fully saturated rings. The average molecular weight is 870 g/mol. The third-order valence-electron chi connectivity index (χ3n) is 13.1. The van der Waals surface area contributed by atoms with Crippen molar-refractivity contribution >= 4 is 76.3 Å². The molecule has 8 heterocycles. The number of benzene rings is 6. The molecule has 9 heteroatoms. The Bertz CT molecular complexity index is 4230. The van der Waals surface area contributed by atoms with Crippen LogP contribution < -0.4 is 0 Å². The van der Waals surface area contributed by atoms with E-state index in [1.54, 1.807) is 0 Å².